The zero-order valence-electron chi connectivity index (χ0n) is 8.10. The van der Waals surface area contributed by atoms with Gasteiger partial charge in [0.2, 0.25) is 0 Å². The van der Waals surface area contributed by atoms with E-state index in [0.717, 1.165) is 16.1 Å². The Balaban J connectivity index is 0.00000144. The first kappa shape index (κ1) is 12.8. The summed E-state index contributed by atoms with van der Waals surface area (Å²) < 4.78 is 0. The molecule has 1 aromatic carbocycles. The predicted molar refractivity (Wildman–Crippen MR) is 60.7 cm³/mol. The summed E-state index contributed by atoms with van der Waals surface area (Å²) in [4.78, 5) is 0. The first-order valence-corrected chi connectivity index (χ1v) is 4.34. The molecular formula is C10H15Cl2N. The maximum atomic E-state index is 6.03. The molecule has 0 saturated carbocycles. The van der Waals surface area contributed by atoms with Crippen LogP contribution in [0.4, 0.5) is 0 Å². The van der Waals surface area contributed by atoms with Crippen molar-refractivity contribution in [3.05, 3.63) is 34.3 Å². The van der Waals surface area contributed by atoms with Crippen molar-refractivity contribution in [3.8, 4) is 0 Å². The van der Waals surface area contributed by atoms with Crippen molar-refractivity contribution < 1.29 is 0 Å². The van der Waals surface area contributed by atoms with Gasteiger partial charge in [0.05, 0.1) is 0 Å². The van der Waals surface area contributed by atoms with Crippen LogP contribution in [0.5, 0.6) is 0 Å². The van der Waals surface area contributed by atoms with Crippen molar-refractivity contribution >= 4 is 24.0 Å². The Morgan fingerprint density at radius 2 is 1.85 bits per heavy atom. The summed E-state index contributed by atoms with van der Waals surface area (Å²) in [6, 6.07) is 5.94. The highest BCUT2D eigenvalue weighted by molar-refractivity contribution is 6.31. The van der Waals surface area contributed by atoms with E-state index in [4.69, 9.17) is 17.3 Å². The third kappa shape index (κ3) is 3.18. The van der Waals surface area contributed by atoms with Gasteiger partial charge < -0.3 is 5.73 Å². The van der Waals surface area contributed by atoms with Crippen molar-refractivity contribution in [2.24, 2.45) is 5.73 Å². The van der Waals surface area contributed by atoms with Gasteiger partial charge in [-0.05, 0) is 38.0 Å². The molecule has 13 heavy (non-hydrogen) atoms. The van der Waals surface area contributed by atoms with E-state index in [2.05, 4.69) is 0 Å². The third-order valence-corrected chi connectivity index (χ3v) is 2.13. The molecule has 0 amide bonds. The summed E-state index contributed by atoms with van der Waals surface area (Å²) >= 11 is 6.03. The minimum Gasteiger partial charge on any atom is -0.322 e. The number of nitrogens with two attached hydrogens (primary N) is 1. The lowest BCUT2D eigenvalue weighted by Gasteiger charge is -2.20. The standard InChI is InChI=1S/C10H14ClN.ClH/c1-7-4-5-8(9(11)6-7)10(2,3)12;/h4-6H,12H2,1-3H3;1H. The van der Waals surface area contributed by atoms with Crippen LogP contribution in [-0.4, -0.2) is 0 Å². The Bertz CT molecular complexity index is 289. The average molecular weight is 220 g/mol. The summed E-state index contributed by atoms with van der Waals surface area (Å²) in [5, 5.41) is 0.752. The smallest absolute Gasteiger partial charge is 0.0459 e. The lowest BCUT2D eigenvalue weighted by molar-refractivity contribution is 0.554. The molecule has 3 heteroatoms. The Kier molecular flexibility index (Phi) is 4.24. The van der Waals surface area contributed by atoms with Crippen LogP contribution in [0.2, 0.25) is 5.02 Å². The van der Waals surface area contributed by atoms with Gasteiger partial charge in [0.1, 0.15) is 0 Å². The quantitative estimate of drug-likeness (QED) is 0.772. The van der Waals surface area contributed by atoms with Gasteiger partial charge in [0, 0.05) is 10.6 Å². The summed E-state index contributed by atoms with van der Waals surface area (Å²) in [5.41, 5.74) is 7.72. The normalized spacial score (nSPS) is 10.8. The molecule has 0 saturated heterocycles. The summed E-state index contributed by atoms with van der Waals surface area (Å²) in [7, 11) is 0. The second-order valence-electron chi connectivity index (χ2n) is 3.70. The molecule has 74 valence electrons. The van der Waals surface area contributed by atoms with Crippen molar-refractivity contribution in [1.29, 1.82) is 0 Å². The Labute approximate surface area is 90.7 Å². The van der Waals surface area contributed by atoms with Gasteiger partial charge in [-0.1, -0.05) is 23.7 Å². The Morgan fingerprint density at radius 3 is 2.23 bits per heavy atom. The predicted octanol–water partition coefficient (Wildman–Crippen LogP) is 3.26. The van der Waals surface area contributed by atoms with Crippen molar-refractivity contribution in [2.45, 2.75) is 26.3 Å². The van der Waals surface area contributed by atoms with Gasteiger partial charge in [-0.3, -0.25) is 0 Å². The molecule has 0 aromatic heterocycles. The largest absolute Gasteiger partial charge is 0.322 e. The van der Waals surface area contributed by atoms with Crippen LogP contribution in [0.3, 0.4) is 0 Å². The van der Waals surface area contributed by atoms with Crippen LogP contribution in [0.25, 0.3) is 0 Å². The number of rotatable bonds is 1. The molecule has 0 spiro atoms. The lowest BCUT2D eigenvalue weighted by Crippen LogP contribution is -2.28. The van der Waals surface area contributed by atoms with E-state index in [9.17, 15) is 0 Å². The molecule has 1 nitrogen and oxygen atoms in total. The molecule has 0 unspecified atom stereocenters. The molecule has 0 fully saturated rings. The minimum atomic E-state index is -0.356. The molecule has 2 N–H and O–H groups in total. The topological polar surface area (TPSA) is 26.0 Å². The van der Waals surface area contributed by atoms with Crippen LogP contribution in [-0.2, 0) is 5.54 Å². The molecule has 0 aliphatic rings. The highest BCUT2D eigenvalue weighted by Gasteiger charge is 2.16. The van der Waals surface area contributed by atoms with Crippen LogP contribution < -0.4 is 5.73 Å². The van der Waals surface area contributed by atoms with Crippen LogP contribution >= 0.6 is 24.0 Å². The van der Waals surface area contributed by atoms with Crippen LogP contribution in [0, 0.1) is 6.92 Å². The monoisotopic (exact) mass is 219 g/mol. The van der Waals surface area contributed by atoms with Crippen molar-refractivity contribution in [3.63, 3.8) is 0 Å². The first-order chi connectivity index (χ1) is 5.41. The van der Waals surface area contributed by atoms with E-state index >= 15 is 0 Å². The molecule has 0 aliphatic heterocycles. The third-order valence-electron chi connectivity index (χ3n) is 1.82. The molecule has 0 bridgehead atoms. The number of aryl methyl sites for hydroxylation is 1. The second kappa shape index (κ2) is 4.32. The van der Waals surface area contributed by atoms with Gasteiger partial charge >= 0.3 is 0 Å². The molecule has 1 aromatic rings. The average Bonchev–Trinajstić information content (AvgIpc) is 1.83. The summed E-state index contributed by atoms with van der Waals surface area (Å²) in [6.45, 7) is 5.91. The number of halogens is 2. The SMILES string of the molecule is Cc1ccc(C(C)(C)N)c(Cl)c1.Cl. The number of hydrogen-bond donors (Lipinski definition) is 1. The van der Waals surface area contributed by atoms with Gasteiger partial charge in [-0.15, -0.1) is 12.4 Å². The highest BCUT2D eigenvalue weighted by atomic mass is 35.5. The van der Waals surface area contributed by atoms with Crippen molar-refractivity contribution in [2.75, 3.05) is 0 Å². The zero-order valence-corrected chi connectivity index (χ0v) is 9.67. The van der Waals surface area contributed by atoms with Gasteiger partial charge in [0.25, 0.3) is 0 Å². The fourth-order valence-electron chi connectivity index (χ4n) is 1.14. The fraction of sp³-hybridized carbons (Fsp3) is 0.400. The van der Waals surface area contributed by atoms with E-state index in [1.807, 2.05) is 39.0 Å². The van der Waals surface area contributed by atoms with Crippen molar-refractivity contribution in [1.82, 2.24) is 0 Å². The zero-order chi connectivity index (χ0) is 9.35. The Morgan fingerprint density at radius 1 is 1.31 bits per heavy atom. The number of hydrogen-bond acceptors (Lipinski definition) is 1. The van der Waals surface area contributed by atoms with Crippen LogP contribution in [0.15, 0.2) is 18.2 Å². The first-order valence-electron chi connectivity index (χ1n) is 3.97. The van der Waals surface area contributed by atoms with E-state index in [0.29, 0.717) is 0 Å². The fourth-order valence-corrected chi connectivity index (χ4v) is 1.62. The Hall–Kier alpha value is -0.240. The molecule has 0 atom stereocenters. The molecular weight excluding hydrogens is 205 g/mol. The summed E-state index contributed by atoms with van der Waals surface area (Å²) in [5.74, 6) is 0. The number of benzene rings is 1. The van der Waals surface area contributed by atoms with E-state index in [1.165, 1.54) is 0 Å². The van der Waals surface area contributed by atoms with Gasteiger partial charge in [-0.25, -0.2) is 0 Å². The molecule has 1 rings (SSSR count). The second-order valence-corrected chi connectivity index (χ2v) is 4.11. The maximum Gasteiger partial charge on any atom is 0.0459 e. The molecule has 0 aliphatic carbocycles. The van der Waals surface area contributed by atoms with Gasteiger partial charge in [-0.2, -0.15) is 0 Å². The lowest BCUT2D eigenvalue weighted by atomic mass is 9.95. The maximum absolute atomic E-state index is 6.03. The van der Waals surface area contributed by atoms with E-state index < -0.39 is 0 Å². The van der Waals surface area contributed by atoms with Crippen LogP contribution in [0.1, 0.15) is 25.0 Å². The van der Waals surface area contributed by atoms with Gasteiger partial charge in [0.15, 0.2) is 0 Å². The molecule has 0 heterocycles. The van der Waals surface area contributed by atoms with E-state index in [1.54, 1.807) is 0 Å². The van der Waals surface area contributed by atoms with E-state index in [-0.39, 0.29) is 17.9 Å². The molecule has 0 radical (unpaired) electrons. The summed E-state index contributed by atoms with van der Waals surface area (Å²) in [6.07, 6.45) is 0. The highest BCUT2D eigenvalue weighted by Crippen LogP contribution is 2.26. The minimum absolute atomic E-state index is 0.